The average molecular weight is 283 g/mol. The van der Waals surface area contributed by atoms with E-state index < -0.39 is 0 Å². The molecule has 0 fully saturated rings. The molecule has 0 radical (unpaired) electrons. The Bertz CT molecular complexity index is 731. The number of aromatic nitrogens is 1. The number of carbonyl (C=O) groups excluding carboxylic acids is 1. The van der Waals surface area contributed by atoms with E-state index in [0.717, 1.165) is 20.8 Å². The van der Waals surface area contributed by atoms with Gasteiger partial charge in [0.15, 0.2) is 0 Å². The van der Waals surface area contributed by atoms with Gasteiger partial charge in [0.1, 0.15) is 10.8 Å². The van der Waals surface area contributed by atoms with E-state index in [0.29, 0.717) is 12.2 Å². The van der Waals surface area contributed by atoms with Crippen LogP contribution in [0, 0.1) is 0 Å². The molecule has 1 aromatic heterocycles. The highest BCUT2D eigenvalue weighted by atomic mass is 32.1. The topological polar surface area (TPSA) is 39.2 Å². The Labute approximate surface area is 120 Å². The Balaban J connectivity index is 1.97. The van der Waals surface area contributed by atoms with Gasteiger partial charge >= 0.3 is 5.97 Å². The van der Waals surface area contributed by atoms with Crippen LogP contribution in [0.25, 0.3) is 20.8 Å². The monoisotopic (exact) mass is 283 g/mol. The first-order valence-electron chi connectivity index (χ1n) is 6.43. The normalized spacial score (nSPS) is 10.7. The first-order chi connectivity index (χ1) is 9.76. The van der Waals surface area contributed by atoms with Gasteiger partial charge in [0.25, 0.3) is 0 Å². The second-order valence-corrected chi connectivity index (χ2v) is 5.37. The van der Waals surface area contributed by atoms with E-state index in [4.69, 9.17) is 4.74 Å². The van der Waals surface area contributed by atoms with Crippen LogP contribution in [0.1, 0.15) is 13.3 Å². The van der Waals surface area contributed by atoms with Crippen molar-refractivity contribution < 1.29 is 9.53 Å². The quantitative estimate of drug-likeness (QED) is 0.532. The summed E-state index contributed by atoms with van der Waals surface area (Å²) in [6.07, 6.45) is 0.366. The molecule has 1 heterocycles. The average Bonchev–Trinajstić information content (AvgIpc) is 2.91. The van der Waals surface area contributed by atoms with Gasteiger partial charge in [0.2, 0.25) is 0 Å². The summed E-state index contributed by atoms with van der Waals surface area (Å²) in [6.45, 7) is 1.78. The minimum Gasteiger partial charge on any atom is -0.427 e. The minimum absolute atomic E-state index is 0.230. The van der Waals surface area contributed by atoms with Crippen molar-refractivity contribution in [1.82, 2.24) is 4.98 Å². The van der Waals surface area contributed by atoms with Gasteiger partial charge in [-0.15, -0.1) is 11.3 Å². The van der Waals surface area contributed by atoms with E-state index in [1.807, 2.05) is 36.4 Å². The highest BCUT2D eigenvalue weighted by Crippen LogP contribution is 2.31. The van der Waals surface area contributed by atoms with Gasteiger partial charge in [-0.25, -0.2) is 4.98 Å². The maximum atomic E-state index is 11.3. The fraction of sp³-hybridized carbons (Fsp3) is 0.125. The van der Waals surface area contributed by atoms with Crippen molar-refractivity contribution in [3.63, 3.8) is 0 Å². The predicted molar refractivity (Wildman–Crippen MR) is 81.0 cm³/mol. The van der Waals surface area contributed by atoms with Gasteiger partial charge in [-0.1, -0.05) is 31.2 Å². The number of esters is 1. The van der Waals surface area contributed by atoms with Crippen molar-refractivity contribution in [3.8, 4) is 16.3 Å². The van der Waals surface area contributed by atoms with E-state index in [2.05, 4.69) is 11.1 Å². The largest absolute Gasteiger partial charge is 0.427 e. The number of hydrogen-bond acceptors (Lipinski definition) is 4. The summed E-state index contributed by atoms with van der Waals surface area (Å²) in [4.78, 5) is 15.9. The summed E-state index contributed by atoms with van der Waals surface area (Å²) >= 11 is 1.63. The lowest BCUT2D eigenvalue weighted by atomic mass is 10.2. The molecule has 3 rings (SSSR count). The molecule has 0 aliphatic carbocycles. The fourth-order valence-electron chi connectivity index (χ4n) is 1.89. The second-order valence-electron chi connectivity index (χ2n) is 4.34. The Morgan fingerprint density at radius 1 is 1.20 bits per heavy atom. The third-order valence-corrected chi connectivity index (χ3v) is 3.98. The van der Waals surface area contributed by atoms with Gasteiger partial charge < -0.3 is 4.74 Å². The highest BCUT2D eigenvalue weighted by Gasteiger charge is 2.08. The van der Waals surface area contributed by atoms with Crippen molar-refractivity contribution in [2.75, 3.05) is 0 Å². The number of benzene rings is 2. The first-order valence-corrected chi connectivity index (χ1v) is 7.24. The van der Waals surface area contributed by atoms with Crippen LogP contribution in [-0.4, -0.2) is 11.0 Å². The van der Waals surface area contributed by atoms with Gasteiger partial charge in [0, 0.05) is 12.0 Å². The molecule has 100 valence electrons. The summed E-state index contributed by atoms with van der Waals surface area (Å²) in [7, 11) is 0. The van der Waals surface area contributed by atoms with Crippen molar-refractivity contribution in [2.24, 2.45) is 0 Å². The van der Waals surface area contributed by atoms with Crippen LogP contribution in [0.15, 0.2) is 48.5 Å². The molecule has 4 heteroatoms. The number of rotatable bonds is 3. The lowest BCUT2D eigenvalue weighted by Gasteiger charge is -2.03. The SMILES string of the molecule is CCC(=O)Oc1cccc(-c2nc3ccccc3s2)c1. The Hall–Kier alpha value is -2.20. The molecular weight excluding hydrogens is 270 g/mol. The minimum atomic E-state index is -0.230. The molecule has 0 aliphatic rings. The maximum absolute atomic E-state index is 11.3. The van der Waals surface area contributed by atoms with Crippen LogP contribution in [0.3, 0.4) is 0 Å². The van der Waals surface area contributed by atoms with Gasteiger partial charge in [-0.3, -0.25) is 4.79 Å². The zero-order valence-electron chi connectivity index (χ0n) is 11.0. The number of fused-ring (bicyclic) bond motifs is 1. The van der Waals surface area contributed by atoms with Crippen molar-refractivity contribution in [3.05, 3.63) is 48.5 Å². The molecule has 2 aromatic carbocycles. The van der Waals surface area contributed by atoms with Crippen LogP contribution < -0.4 is 4.74 Å². The molecule has 20 heavy (non-hydrogen) atoms. The van der Waals surface area contributed by atoms with E-state index in [1.54, 1.807) is 24.3 Å². The Morgan fingerprint density at radius 3 is 2.85 bits per heavy atom. The molecule has 0 unspecified atom stereocenters. The first kappa shape index (κ1) is 12.8. The smallest absolute Gasteiger partial charge is 0.310 e. The molecule has 0 aliphatic heterocycles. The lowest BCUT2D eigenvalue weighted by molar-refractivity contribution is -0.134. The lowest BCUT2D eigenvalue weighted by Crippen LogP contribution is -2.05. The van der Waals surface area contributed by atoms with Gasteiger partial charge in [-0.2, -0.15) is 0 Å². The maximum Gasteiger partial charge on any atom is 0.310 e. The number of nitrogens with zero attached hydrogens (tertiary/aromatic N) is 1. The summed E-state index contributed by atoms with van der Waals surface area (Å²) in [6, 6.07) is 15.5. The van der Waals surface area contributed by atoms with Crippen LogP contribution in [-0.2, 0) is 4.79 Å². The second kappa shape index (κ2) is 5.43. The molecule has 0 bridgehead atoms. The summed E-state index contributed by atoms with van der Waals surface area (Å²) < 4.78 is 6.39. The van der Waals surface area contributed by atoms with Gasteiger partial charge in [0.05, 0.1) is 10.2 Å². The number of thiazole rings is 1. The molecule has 3 nitrogen and oxygen atoms in total. The van der Waals surface area contributed by atoms with E-state index in [-0.39, 0.29) is 5.97 Å². The third-order valence-electron chi connectivity index (χ3n) is 2.90. The molecule has 3 aromatic rings. The van der Waals surface area contributed by atoms with Crippen molar-refractivity contribution >= 4 is 27.5 Å². The van der Waals surface area contributed by atoms with Crippen molar-refractivity contribution in [1.29, 1.82) is 0 Å². The highest BCUT2D eigenvalue weighted by molar-refractivity contribution is 7.21. The molecule has 0 amide bonds. The fourth-order valence-corrected chi connectivity index (χ4v) is 2.85. The number of carbonyl (C=O) groups is 1. The zero-order chi connectivity index (χ0) is 13.9. The molecule has 0 saturated carbocycles. The van der Waals surface area contributed by atoms with Crippen LogP contribution in [0.5, 0.6) is 5.75 Å². The molecular formula is C16H13NO2S. The number of hydrogen-bond donors (Lipinski definition) is 0. The van der Waals surface area contributed by atoms with E-state index in [9.17, 15) is 4.79 Å². The van der Waals surface area contributed by atoms with E-state index >= 15 is 0 Å². The van der Waals surface area contributed by atoms with Crippen LogP contribution in [0.4, 0.5) is 0 Å². The van der Waals surface area contributed by atoms with Gasteiger partial charge in [-0.05, 0) is 24.3 Å². The molecule has 0 N–H and O–H groups in total. The Kier molecular flexibility index (Phi) is 3.48. The predicted octanol–water partition coefficient (Wildman–Crippen LogP) is 4.28. The molecule has 0 atom stereocenters. The third kappa shape index (κ3) is 2.56. The molecule has 0 spiro atoms. The van der Waals surface area contributed by atoms with E-state index in [1.165, 1.54) is 0 Å². The van der Waals surface area contributed by atoms with Crippen LogP contribution in [0.2, 0.25) is 0 Å². The zero-order valence-corrected chi connectivity index (χ0v) is 11.8. The standard InChI is InChI=1S/C16H13NO2S/c1-2-15(18)19-12-7-5-6-11(10-12)16-17-13-8-3-4-9-14(13)20-16/h3-10H,2H2,1H3. The summed E-state index contributed by atoms with van der Waals surface area (Å²) in [5.74, 6) is 0.333. The number of para-hydroxylation sites is 1. The summed E-state index contributed by atoms with van der Waals surface area (Å²) in [5.41, 5.74) is 1.95. The van der Waals surface area contributed by atoms with Crippen LogP contribution >= 0.6 is 11.3 Å². The molecule has 0 saturated heterocycles. The Morgan fingerprint density at radius 2 is 2.05 bits per heavy atom. The summed E-state index contributed by atoms with van der Waals surface area (Å²) in [5, 5.41) is 0.931. The van der Waals surface area contributed by atoms with Crippen molar-refractivity contribution in [2.45, 2.75) is 13.3 Å². The number of ether oxygens (including phenoxy) is 1.